The summed E-state index contributed by atoms with van der Waals surface area (Å²) in [5.41, 5.74) is 5.38. The first-order valence-electron chi connectivity index (χ1n) is 13.0. The third-order valence-corrected chi connectivity index (χ3v) is 6.66. The molecule has 0 radical (unpaired) electrons. The first-order valence-corrected chi connectivity index (χ1v) is 13.0. The minimum atomic E-state index is -0.288. The van der Waals surface area contributed by atoms with Crippen molar-refractivity contribution in [2.24, 2.45) is 0 Å². The molecule has 2 amide bonds. The number of rotatable bonds is 8. The number of hydrogen-bond acceptors (Lipinski definition) is 7. The van der Waals surface area contributed by atoms with Gasteiger partial charge in [-0.25, -0.2) is 9.31 Å². The van der Waals surface area contributed by atoms with Gasteiger partial charge in [-0.15, -0.1) is 5.10 Å². The largest absolute Gasteiger partial charge is 0.450 e. The number of nitrogens with one attached hydrogen (secondary N) is 1. The molecule has 0 aliphatic carbocycles. The lowest BCUT2D eigenvalue weighted by molar-refractivity contribution is 0.0796. The molecule has 3 aromatic heterocycles. The summed E-state index contributed by atoms with van der Waals surface area (Å²) in [5.74, 6) is 0.425. The number of carbonyl (C=O) groups excluding carboxylic acids is 2. The number of fused-ring (bicyclic) bond motifs is 1. The maximum absolute atomic E-state index is 12.9. The smallest absolute Gasteiger partial charge is 0.410 e. The summed E-state index contributed by atoms with van der Waals surface area (Å²) in [4.78, 5) is 37.0. The van der Waals surface area contributed by atoms with E-state index in [0.29, 0.717) is 44.2 Å². The number of likely N-dealkylation sites (N-methyl/N-ethyl adjacent to an activating group) is 1. The highest BCUT2D eigenvalue weighted by Gasteiger charge is 2.21. The van der Waals surface area contributed by atoms with Gasteiger partial charge in [-0.1, -0.05) is 6.08 Å². The number of anilines is 2. The lowest BCUT2D eigenvalue weighted by Gasteiger charge is -2.25. The molecule has 5 rings (SSSR count). The molecule has 0 unspecified atom stereocenters. The van der Waals surface area contributed by atoms with Crippen LogP contribution in [0, 0.1) is 0 Å². The summed E-state index contributed by atoms with van der Waals surface area (Å²) in [6, 6.07) is 15.2. The molecular formula is C29H31N7O3. The highest BCUT2D eigenvalue weighted by atomic mass is 16.6. The van der Waals surface area contributed by atoms with E-state index in [0.717, 1.165) is 34.5 Å². The Kier molecular flexibility index (Phi) is 7.81. The summed E-state index contributed by atoms with van der Waals surface area (Å²) in [5, 5.41) is 7.81. The predicted molar refractivity (Wildman–Crippen MR) is 149 cm³/mol. The van der Waals surface area contributed by atoms with Gasteiger partial charge in [0.2, 0.25) is 5.95 Å². The summed E-state index contributed by atoms with van der Waals surface area (Å²) in [6.07, 6.45) is 8.61. The zero-order valence-electron chi connectivity index (χ0n) is 22.1. The molecule has 1 N–H and O–H groups in total. The number of carbonyl (C=O) groups is 2. The molecule has 39 heavy (non-hydrogen) atoms. The van der Waals surface area contributed by atoms with Crippen molar-refractivity contribution in [2.45, 2.75) is 19.8 Å². The van der Waals surface area contributed by atoms with Gasteiger partial charge < -0.3 is 19.9 Å². The Balaban J connectivity index is 1.24. The van der Waals surface area contributed by atoms with E-state index in [4.69, 9.17) is 9.72 Å². The van der Waals surface area contributed by atoms with Crippen LogP contribution in [0.3, 0.4) is 0 Å². The third kappa shape index (κ3) is 6.06. The molecule has 4 aromatic rings. The van der Waals surface area contributed by atoms with Gasteiger partial charge in [-0.05, 0) is 79.4 Å². The van der Waals surface area contributed by atoms with Gasteiger partial charge in [0.1, 0.15) is 0 Å². The second kappa shape index (κ2) is 11.8. The predicted octanol–water partition coefficient (Wildman–Crippen LogP) is 4.43. The van der Waals surface area contributed by atoms with E-state index >= 15 is 0 Å². The number of amides is 2. The molecule has 200 valence electrons. The molecule has 1 aromatic carbocycles. The number of benzene rings is 1. The number of ether oxygens (including phenoxy) is 1. The Labute approximate surface area is 226 Å². The molecule has 0 saturated heterocycles. The Morgan fingerprint density at radius 2 is 1.90 bits per heavy atom. The van der Waals surface area contributed by atoms with Crippen LogP contribution in [0.4, 0.5) is 16.4 Å². The van der Waals surface area contributed by atoms with Crippen molar-refractivity contribution in [1.82, 2.24) is 29.4 Å². The summed E-state index contributed by atoms with van der Waals surface area (Å²) in [6.45, 7) is 3.88. The van der Waals surface area contributed by atoms with E-state index in [9.17, 15) is 9.59 Å². The Morgan fingerprint density at radius 1 is 1.10 bits per heavy atom. The molecule has 0 spiro atoms. The van der Waals surface area contributed by atoms with Crippen LogP contribution in [0.1, 0.15) is 34.8 Å². The number of aromatic nitrogens is 4. The molecular weight excluding hydrogens is 494 g/mol. The highest BCUT2D eigenvalue weighted by Crippen LogP contribution is 2.27. The highest BCUT2D eigenvalue weighted by molar-refractivity contribution is 5.94. The maximum Gasteiger partial charge on any atom is 0.410 e. The molecule has 1 aliphatic heterocycles. The van der Waals surface area contributed by atoms with E-state index in [1.54, 1.807) is 45.8 Å². The summed E-state index contributed by atoms with van der Waals surface area (Å²) in [7, 11) is 1.81. The van der Waals surface area contributed by atoms with Crippen LogP contribution in [-0.2, 0) is 11.2 Å². The number of nitrogens with zero attached hydrogens (tertiary/aromatic N) is 6. The molecule has 0 atom stereocenters. The van der Waals surface area contributed by atoms with Crippen molar-refractivity contribution in [3.63, 3.8) is 0 Å². The minimum Gasteiger partial charge on any atom is -0.450 e. The normalized spacial score (nSPS) is 13.2. The third-order valence-electron chi connectivity index (χ3n) is 6.66. The minimum absolute atomic E-state index is 0.0339. The molecule has 0 fully saturated rings. The number of pyridine rings is 2. The first kappa shape index (κ1) is 25.9. The Morgan fingerprint density at radius 3 is 2.62 bits per heavy atom. The van der Waals surface area contributed by atoms with Gasteiger partial charge in [0.15, 0.2) is 5.65 Å². The monoisotopic (exact) mass is 525 g/mol. The second-order valence-electron chi connectivity index (χ2n) is 9.28. The van der Waals surface area contributed by atoms with E-state index in [2.05, 4.69) is 15.4 Å². The molecule has 1 aliphatic rings. The van der Waals surface area contributed by atoms with Crippen molar-refractivity contribution in [3.05, 3.63) is 89.9 Å². The van der Waals surface area contributed by atoms with Crippen molar-refractivity contribution < 1.29 is 14.3 Å². The topological polar surface area (TPSA) is 105 Å². The van der Waals surface area contributed by atoms with Crippen molar-refractivity contribution in [3.8, 4) is 0 Å². The van der Waals surface area contributed by atoms with Gasteiger partial charge >= 0.3 is 6.09 Å². The van der Waals surface area contributed by atoms with Crippen LogP contribution in [0.25, 0.3) is 11.2 Å². The fourth-order valence-electron chi connectivity index (χ4n) is 4.50. The van der Waals surface area contributed by atoms with Crippen LogP contribution in [0.15, 0.2) is 73.2 Å². The number of hydrogen-bond donors (Lipinski definition) is 1. The van der Waals surface area contributed by atoms with E-state index in [-0.39, 0.29) is 12.0 Å². The lowest BCUT2D eigenvalue weighted by atomic mass is 10.0. The van der Waals surface area contributed by atoms with E-state index in [1.807, 2.05) is 55.7 Å². The molecule has 10 heteroatoms. The zero-order valence-corrected chi connectivity index (χ0v) is 22.1. The maximum atomic E-state index is 12.9. The molecule has 0 bridgehead atoms. The van der Waals surface area contributed by atoms with Gasteiger partial charge in [-0.3, -0.25) is 9.78 Å². The van der Waals surface area contributed by atoms with Crippen molar-refractivity contribution >= 4 is 34.9 Å². The van der Waals surface area contributed by atoms with Crippen LogP contribution in [0.2, 0.25) is 0 Å². The summed E-state index contributed by atoms with van der Waals surface area (Å²) >= 11 is 0. The average Bonchev–Trinajstić information content (AvgIpc) is 3.39. The lowest BCUT2D eigenvalue weighted by Crippen LogP contribution is -2.35. The second-order valence-corrected chi connectivity index (χ2v) is 9.28. The average molecular weight is 526 g/mol. The fourth-order valence-corrected chi connectivity index (χ4v) is 4.50. The molecule has 0 saturated carbocycles. The van der Waals surface area contributed by atoms with Crippen molar-refractivity contribution in [2.75, 3.05) is 38.6 Å². The fraction of sp³-hybridized carbons (Fsp3) is 0.276. The summed E-state index contributed by atoms with van der Waals surface area (Å²) < 4.78 is 6.85. The quantitative estimate of drug-likeness (QED) is 0.363. The Bertz CT molecular complexity index is 1480. The standard InChI is InChI=1S/C29H31N7O3/c1-3-39-29(38)35-19-13-22(14-20-35)25-5-4-17-36-26(25)32-28(33-36)31-24-8-6-23(7-9-24)27(37)34(2)18-12-21-10-15-30-16-11-21/h4-11,13,15-17H,3,12,14,18-20H2,1-2H3,(H,31,33). The first-order chi connectivity index (χ1) is 19.0. The van der Waals surface area contributed by atoms with Crippen LogP contribution >= 0.6 is 0 Å². The Hall–Kier alpha value is -4.73. The van der Waals surface area contributed by atoms with Crippen LogP contribution in [-0.4, -0.2) is 74.7 Å². The van der Waals surface area contributed by atoms with Gasteiger partial charge in [0.25, 0.3) is 5.91 Å². The van der Waals surface area contributed by atoms with E-state index < -0.39 is 0 Å². The van der Waals surface area contributed by atoms with Gasteiger partial charge in [-0.2, -0.15) is 4.98 Å². The zero-order chi connectivity index (χ0) is 27.2. The van der Waals surface area contributed by atoms with Gasteiger partial charge in [0, 0.05) is 62.1 Å². The SMILES string of the molecule is CCOC(=O)N1CC=C(c2cccn3nc(Nc4ccc(C(=O)N(C)CCc5ccncc5)cc4)nc23)CC1. The van der Waals surface area contributed by atoms with E-state index in [1.165, 1.54) is 0 Å². The molecule has 4 heterocycles. The van der Waals surface area contributed by atoms with Gasteiger partial charge in [0.05, 0.1) is 6.61 Å². The van der Waals surface area contributed by atoms with Crippen LogP contribution in [0.5, 0.6) is 0 Å². The van der Waals surface area contributed by atoms with Crippen LogP contribution < -0.4 is 5.32 Å². The molecule has 10 nitrogen and oxygen atoms in total. The van der Waals surface area contributed by atoms with Crippen molar-refractivity contribution in [1.29, 1.82) is 0 Å².